The lowest BCUT2D eigenvalue weighted by molar-refractivity contribution is -0.145. The van der Waals surface area contributed by atoms with Crippen LogP contribution < -0.4 is 9.47 Å². The molecule has 0 fully saturated rings. The van der Waals surface area contributed by atoms with Crippen LogP contribution in [0.1, 0.15) is 23.6 Å². The van der Waals surface area contributed by atoms with Crippen LogP contribution in [0.2, 0.25) is 0 Å². The molecule has 0 aliphatic heterocycles. The monoisotopic (exact) mass is 314 g/mol. The van der Waals surface area contributed by atoms with E-state index in [1.807, 2.05) is 57.2 Å². The lowest BCUT2D eigenvalue weighted by atomic mass is 10.1. The molecule has 122 valence electrons. The van der Waals surface area contributed by atoms with Crippen LogP contribution in [-0.2, 0) is 11.2 Å². The molecule has 0 radical (unpaired) electrons. The third-order valence-electron chi connectivity index (χ3n) is 3.71. The van der Waals surface area contributed by atoms with Gasteiger partial charge in [0.1, 0.15) is 11.5 Å². The first kappa shape index (κ1) is 16.9. The Morgan fingerprint density at radius 3 is 2.52 bits per heavy atom. The zero-order valence-electron chi connectivity index (χ0n) is 13.7. The van der Waals surface area contributed by atoms with E-state index in [-0.39, 0.29) is 6.42 Å². The van der Waals surface area contributed by atoms with E-state index in [1.54, 1.807) is 6.07 Å². The fraction of sp³-hybridized carbons (Fsp3) is 0.316. The number of carbonyl (C=O) groups is 1. The van der Waals surface area contributed by atoms with Crippen LogP contribution in [0.4, 0.5) is 0 Å². The molecule has 0 saturated carbocycles. The van der Waals surface area contributed by atoms with Crippen molar-refractivity contribution in [3.05, 3.63) is 59.2 Å². The Bertz CT molecular complexity index is 679. The topological polar surface area (TPSA) is 55.8 Å². The van der Waals surface area contributed by atoms with E-state index in [2.05, 4.69) is 0 Å². The minimum Gasteiger partial charge on any atom is -0.494 e. The van der Waals surface area contributed by atoms with Crippen molar-refractivity contribution in [2.75, 3.05) is 6.61 Å². The second-order valence-corrected chi connectivity index (χ2v) is 5.44. The first-order chi connectivity index (χ1) is 11.0. The van der Waals surface area contributed by atoms with Crippen molar-refractivity contribution in [1.29, 1.82) is 0 Å². The highest BCUT2D eigenvalue weighted by Gasteiger charge is 2.22. The summed E-state index contributed by atoms with van der Waals surface area (Å²) in [6.45, 7) is 6.41. The zero-order valence-corrected chi connectivity index (χ0v) is 13.7. The summed E-state index contributed by atoms with van der Waals surface area (Å²) in [6, 6.07) is 13.0. The summed E-state index contributed by atoms with van der Waals surface area (Å²) in [5, 5.41) is 9.47. The average Bonchev–Trinajstić information content (AvgIpc) is 2.52. The maximum Gasteiger partial charge on any atom is 0.345 e. The largest absolute Gasteiger partial charge is 0.494 e. The highest BCUT2D eigenvalue weighted by Crippen LogP contribution is 2.23. The van der Waals surface area contributed by atoms with E-state index >= 15 is 0 Å². The number of aliphatic carboxylic acids is 1. The number of ether oxygens (including phenoxy) is 2. The highest BCUT2D eigenvalue weighted by molar-refractivity contribution is 5.73. The summed E-state index contributed by atoms with van der Waals surface area (Å²) in [7, 11) is 0. The minimum absolute atomic E-state index is 0.248. The summed E-state index contributed by atoms with van der Waals surface area (Å²) in [6.07, 6.45) is -0.711. The molecule has 4 heteroatoms. The van der Waals surface area contributed by atoms with Crippen molar-refractivity contribution >= 4 is 5.97 Å². The van der Waals surface area contributed by atoms with Crippen LogP contribution in [0.3, 0.4) is 0 Å². The molecule has 0 saturated heterocycles. The summed E-state index contributed by atoms with van der Waals surface area (Å²) in [5.74, 6) is 0.272. The van der Waals surface area contributed by atoms with Gasteiger partial charge in [-0.05, 0) is 55.7 Å². The molecular formula is C19H22O4. The average molecular weight is 314 g/mol. The lowest BCUT2D eigenvalue weighted by Gasteiger charge is -2.18. The van der Waals surface area contributed by atoms with Gasteiger partial charge in [-0.25, -0.2) is 4.79 Å². The Balaban J connectivity index is 2.19. The first-order valence-corrected chi connectivity index (χ1v) is 7.68. The van der Waals surface area contributed by atoms with E-state index in [9.17, 15) is 9.90 Å². The molecule has 2 rings (SSSR count). The minimum atomic E-state index is -0.991. The van der Waals surface area contributed by atoms with E-state index in [0.717, 1.165) is 16.7 Å². The predicted octanol–water partition coefficient (Wildman–Crippen LogP) is 3.78. The first-order valence-electron chi connectivity index (χ1n) is 7.68. The molecule has 0 bridgehead atoms. The maximum atomic E-state index is 11.6. The van der Waals surface area contributed by atoms with Crippen LogP contribution in [0.25, 0.3) is 0 Å². The lowest BCUT2D eigenvalue weighted by Crippen LogP contribution is -2.29. The molecule has 0 spiro atoms. The van der Waals surface area contributed by atoms with Gasteiger partial charge in [-0.3, -0.25) is 0 Å². The van der Waals surface area contributed by atoms with Gasteiger partial charge in [-0.1, -0.05) is 24.3 Å². The fourth-order valence-electron chi connectivity index (χ4n) is 2.30. The molecule has 1 N–H and O–H groups in total. The van der Waals surface area contributed by atoms with Gasteiger partial charge < -0.3 is 14.6 Å². The van der Waals surface area contributed by atoms with Gasteiger partial charge in [0.25, 0.3) is 0 Å². The van der Waals surface area contributed by atoms with Crippen LogP contribution >= 0.6 is 0 Å². The Hall–Kier alpha value is -2.49. The van der Waals surface area contributed by atoms with Crippen LogP contribution in [0.5, 0.6) is 11.5 Å². The molecule has 0 heterocycles. The number of hydrogen-bond acceptors (Lipinski definition) is 3. The molecule has 0 unspecified atom stereocenters. The molecule has 23 heavy (non-hydrogen) atoms. The molecule has 2 aromatic carbocycles. The van der Waals surface area contributed by atoms with Crippen LogP contribution in [0, 0.1) is 13.8 Å². The molecule has 0 amide bonds. The van der Waals surface area contributed by atoms with Gasteiger partial charge in [0.15, 0.2) is 6.10 Å². The predicted molar refractivity (Wildman–Crippen MR) is 89.3 cm³/mol. The summed E-state index contributed by atoms with van der Waals surface area (Å²) >= 11 is 0. The van der Waals surface area contributed by atoms with Crippen LogP contribution in [-0.4, -0.2) is 23.8 Å². The summed E-state index contributed by atoms with van der Waals surface area (Å²) in [5.41, 5.74) is 3.04. The molecule has 0 aliphatic rings. The van der Waals surface area contributed by atoms with Gasteiger partial charge in [-0.2, -0.15) is 0 Å². The molecular weight excluding hydrogens is 292 g/mol. The third-order valence-corrected chi connectivity index (χ3v) is 3.71. The van der Waals surface area contributed by atoms with Crippen molar-refractivity contribution in [2.45, 2.75) is 33.3 Å². The Morgan fingerprint density at radius 1 is 1.13 bits per heavy atom. The van der Waals surface area contributed by atoms with Crippen molar-refractivity contribution in [3.8, 4) is 11.5 Å². The maximum absolute atomic E-state index is 11.6. The van der Waals surface area contributed by atoms with Gasteiger partial charge in [0, 0.05) is 6.42 Å². The van der Waals surface area contributed by atoms with Gasteiger partial charge >= 0.3 is 5.97 Å². The standard InChI is InChI=1S/C19H22O4/c1-4-22-17-8-6-5-7-15(17)12-18(19(20)21)23-16-10-9-13(2)14(3)11-16/h5-11,18H,4,12H2,1-3H3,(H,20,21)/t18-/m0/s1. The van der Waals surface area contributed by atoms with Gasteiger partial charge in [-0.15, -0.1) is 0 Å². The Labute approximate surface area is 136 Å². The van der Waals surface area contributed by atoms with E-state index in [4.69, 9.17) is 9.47 Å². The van der Waals surface area contributed by atoms with E-state index < -0.39 is 12.1 Å². The van der Waals surface area contributed by atoms with Gasteiger partial charge in [0.05, 0.1) is 6.61 Å². The summed E-state index contributed by atoms with van der Waals surface area (Å²) < 4.78 is 11.2. The number of carboxylic acids is 1. The fourth-order valence-corrected chi connectivity index (χ4v) is 2.30. The SMILES string of the molecule is CCOc1ccccc1C[C@H](Oc1ccc(C)c(C)c1)C(=O)O. The quantitative estimate of drug-likeness (QED) is 0.845. The van der Waals surface area contributed by atoms with Crippen molar-refractivity contribution in [3.63, 3.8) is 0 Å². The number of rotatable bonds is 7. The number of para-hydroxylation sites is 1. The van der Waals surface area contributed by atoms with Crippen LogP contribution in [0.15, 0.2) is 42.5 Å². The van der Waals surface area contributed by atoms with E-state index in [1.165, 1.54) is 0 Å². The molecule has 1 atom stereocenters. The molecule has 2 aromatic rings. The second kappa shape index (κ2) is 7.68. The number of hydrogen-bond donors (Lipinski definition) is 1. The van der Waals surface area contributed by atoms with Crippen molar-refractivity contribution < 1.29 is 19.4 Å². The van der Waals surface area contributed by atoms with E-state index in [0.29, 0.717) is 18.1 Å². The Morgan fingerprint density at radius 2 is 1.87 bits per heavy atom. The number of aryl methyl sites for hydroxylation is 2. The number of benzene rings is 2. The van der Waals surface area contributed by atoms with Gasteiger partial charge in [0.2, 0.25) is 0 Å². The normalized spacial score (nSPS) is 11.8. The number of carboxylic acid groups (broad SMARTS) is 1. The van der Waals surface area contributed by atoms with Crippen molar-refractivity contribution in [2.24, 2.45) is 0 Å². The zero-order chi connectivity index (χ0) is 16.8. The Kier molecular flexibility index (Phi) is 5.63. The second-order valence-electron chi connectivity index (χ2n) is 5.44. The molecule has 0 aromatic heterocycles. The smallest absolute Gasteiger partial charge is 0.345 e. The molecule has 0 aliphatic carbocycles. The van der Waals surface area contributed by atoms with Crippen molar-refractivity contribution in [1.82, 2.24) is 0 Å². The third kappa shape index (κ3) is 4.49. The highest BCUT2D eigenvalue weighted by atomic mass is 16.5. The molecule has 4 nitrogen and oxygen atoms in total. The summed E-state index contributed by atoms with van der Waals surface area (Å²) in [4.78, 5) is 11.6.